The molecule has 1 aliphatic carbocycles. The summed E-state index contributed by atoms with van der Waals surface area (Å²) >= 11 is 0. The smallest absolute Gasteiger partial charge is 0.0696 e. The Bertz CT molecular complexity index is 520. The van der Waals surface area contributed by atoms with Crippen LogP contribution in [0.25, 0.3) is 5.57 Å². The molecule has 19 heavy (non-hydrogen) atoms. The first-order valence-corrected chi connectivity index (χ1v) is 7.18. The van der Waals surface area contributed by atoms with Gasteiger partial charge < -0.3 is 0 Å². The van der Waals surface area contributed by atoms with Gasteiger partial charge in [0.1, 0.15) is 0 Å². The maximum atomic E-state index is 4.61. The Morgan fingerprint density at radius 2 is 2.16 bits per heavy atom. The molecule has 1 heteroatoms. The van der Waals surface area contributed by atoms with E-state index in [0.29, 0.717) is 5.92 Å². The van der Waals surface area contributed by atoms with Crippen molar-refractivity contribution in [1.82, 2.24) is 4.98 Å². The SMILES string of the molecule is CCC=CCC1CC=CC(C)=C1c1ncccc1C. The minimum absolute atomic E-state index is 0.571. The van der Waals surface area contributed by atoms with Crippen molar-refractivity contribution < 1.29 is 0 Å². The second-order valence-corrected chi connectivity index (χ2v) is 5.22. The lowest BCUT2D eigenvalue weighted by Crippen LogP contribution is -2.09. The largest absolute Gasteiger partial charge is 0.256 e. The molecule has 0 saturated heterocycles. The van der Waals surface area contributed by atoms with E-state index in [1.54, 1.807) is 0 Å². The summed E-state index contributed by atoms with van der Waals surface area (Å²) < 4.78 is 0. The zero-order valence-electron chi connectivity index (χ0n) is 12.2. The number of rotatable bonds is 4. The predicted molar refractivity (Wildman–Crippen MR) is 82.9 cm³/mol. The second kappa shape index (κ2) is 6.51. The normalized spacial score (nSPS) is 19.4. The number of hydrogen-bond acceptors (Lipinski definition) is 1. The van der Waals surface area contributed by atoms with Crippen molar-refractivity contribution in [3.05, 3.63) is 59.5 Å². The topological polar surface area (TPSA) is 12.9 Å². The first-order chi connectivity index (χ1) is 9.24. The molecule has 2 rings (SSSR count). The summed E-state index contributed by atoms with van der Waals surface area (Å²) in [4.78, 5) is 4.61. The summed E-state index contributed by atoms with van der Waals surface area (Å²) in [5.41, 5.74) is 5.25. The highest BCUT2D eigenvalue weighted by Crippen LogP contribution is 2.36. The molecule has 1 unspecified atom stereocenters. The Balaban J connectivity index is 2.34. The van der Waals surface area contributed by atoms with Crippen LogP contribution in [0.2, 0.25) is 0 Å². The van der Waals surface area contributed by atoms with Crippen molar-refractivity contribution in [1.29, 1.82) is 0 Å². The highest BCUT2D eigenvalue weighted by atomic mass is 14.7. The van der Waals surface area contributed by atoms with Crippen LogP contribution in [0.15, 0.2) is 48.2 Å². The molecule has 100 valence electrons. The van der Waals surface area contributed by atoms with E-state index in [-0.39, 0.29) is 0 Å². The van der Waals surface area contributed by atoms with Gasteiger partial charge in [0, 0.05) is 6.20 Å². The number of allylic oxidation sites excluding steroid dienone is 6. The fraction of sp³-hybridized carbons (Fsp3) is 0.389. The Kier molecular flexibility index (Phi) is 4.73. The Hall–Kier alpha value is -1.63. The minimum atomic E-state index is 0.571. The second-order valence-electron chi connectivity index (χ2n) is 5.22. The Morgan fingerprint density at radius 1 is 1.32 bits per heavy atom. The Labute approximate surface area is 116 Å². The average Bonchev–Trinajstić information content (AvgIpc) is 2.41. The van der Waals surface area contributed by atoms with Gasteiger partial charge in [-0.1, -0.05) is 37.3 Å². The number of aromatic nitrogens is 1. The Morgan fingerprint density at radius 3 is 2.89 bits per heavy atom. The number of hydrogen-bond donors (Lipinski definition) is 0. The summed E-state index contributed by atoms with van der Waals surface area (Å²) in [5, 5.41) is 0. The molecular weight excluding hydrogens is 230 g/mol. The predicted octanol–water partition coefficient (Wildman–Crippen LogP) is 5.10. The molecule has 0 aromatic carbocycles. The lowest BCUT2D eigenvalue weighted by molar-refractivity contribution is 0.679. The molecule has 0 N–H and O–H groups in total. The first-order valence-electron chi connectivity index (χ1n) is 7.18. The molecule has 1 aliphatic rings. The van der Waals surface area contributed by atoms with Crippen LogP contribution in [0.3, 0.4) is 0 Å². The molecule has 0 spiro atoms. The van der Waals surface area contributed by atoms with Crippen LogP contribution in [0.1, 0.15) is 44.4 Å². The quantitative estimate of drug-likeness (QED) is 0.681. The fourth-order valence-corrected chi connectivity index (χ4v) is 2.73. The number of aryl methyl sites for hydroxylation is 1. The lowest BCUT2D eigenvalue weighted by atomic mass is 9.82. The van der Waals surface area contributed by atoms with E-state index in [9.17, 15) is 0 Å². The molecule has 0 saturated carbocycles. The molecule has 1 aromatic heterocycles. The van der Waals surface area contributed by atoms with Gasteiger partial charge in [0.05, 0.1) is 5.69 Å². The van der Waals surface area contributed by atoms with Crippen LogP contribution in [0.4, 0.5) is 0 Å². The van der Waals surface area contributed by atoms with Crippen LogP contribution in [0.5, 0.6) is 0 Å². The van der Waals surface area contributed by atoms with Gasteiger partial charge in [-0.15, -0.1) is 0 Å². The molecule has 1 nitrogen and oxygen atoms in total. The monoisotopic (exact) mass is 253 g/mol. The van der Waals surface area contributed by atoms with Gasteiger partial charge in [0.15, 0.2) is 0 Å². The van der Waals surface area contributed by atoms with E-state index in [4.69, 9.17) is 0 Å². The summed E-state index contributed by atoms with van der Waals surface area (Å²) in [6.07, 6.45) is 14.4. The third-order valence-electron chi connectivity index (χ3n) is 3.71. The van der Waals surface area contributed by atoms with Crippen molar-refractivity contribution in [3.63, 3.8) is 0 Å². The number of pyridine rings is 1. The van der Waals surface area contributed by atoms with E-state index in [1.165, 1.54) is 22.4 Å². The fourth-order valence-electron chi connectivity index (χ4n) is 2.73. The third-order valence-corrected chi connectivity index (χ3v) is 3.71. The summed E-state index contributed by atoms with van der Waals surface area (Å²) in [6.45, 7) is 6.54. The van der Waals surface area contributed by atoms with E-state index >= 15 is 0 Å². The van der Waals surface area contributed by atoms with Gasteiger partial charge in [0.2, 0.25) is 0 Å². The van der Waals surface area contributed by atoms with Gasteiger partial charge in [-0.05, 0) is 61.8 Å². The minimum Gasteiger partial charge on any atom is -0.256 e. The van der Waals surface area contributed by atoms with Crippen molar-refractivity contribution in [2.75, 3.05) is 0 Å². The van der Waals surface area contributed by atoms with Gasteiger partial charge in [-0.3, -0.25) is 4.98 Å². The number of nitrogens with zero attached hydrogens (tertiary/aromatic N) is 1. The maximum absolute atomic E-state index is 4.61. The first kappa shape index (κ1) is 13.8. The van der Waals surface area contributed by atoms with E-state index < -0.39 is 0 Å². The van der Waals surface area contributed by atoms with Gasteiger partial charge in [-0.2, -0.15) is 0 Å². The molecule has 0 bridgehead atoms. The molecule has 0 amide bonds. The summed E-state index contributed by atoms with van der Waals surface area (Å²) in [7, 11) is 0. The maximum Gasteiger partial charge on any atom is 0.0696 e. The van der Waals surface area contributed by atoms with Gasteiger partial charge in [0.25, 0.3) is 0 Å². The molecule has 0 aliphatic heterocycles. The zero-order valence-corrected chi connectivity index (χ0v) is 12.2. The highest BCUT2D eigenvalue weighted by molar-refractivity contribution is 5.73. The van der Waals surface area contributed by atoms with Gasteiger partial charge >= 0.3 is 0 Å². The van der Waals surface area contributed by atoms with Crippen LogP contribution >= 0.6 is 0 Å². The van der Waals surface area contributed by atoms with E-state index in [0.717, 1.165) is 19.3 Å². The van der Waals surface area contributed by atoms with E-state index in [1.807, 2.05) is 12.3 Å². The van der Waals surface area contributed by atoms with Crippen molar-refractivity contribution in [2.45, 2.75) is 40.0 Å². The highest BCUT2D eigenvalue weighted by Gasteiger charge is 2.20. The molecular formula is C18H23N. The molecule has 0 radical (unpaired) electrons. The van der Waals surface area contributed by atoms with Crippen molar-refractivity contribution in [2.24, 2.45) is 5.92 Å². The van der Waals surface area contributed by atoms with Gasteiger partial charge in [-0.25, -0.2) is 0 Å². The molecule has 0 fully saturated rings. The van der Waals surface area contributed by atoms with Crippen molar-refractivity contribution in [3.8, 4) is 0 Å². The molecule has 1 heterocycles. The summed E-state index contributed by atoms with van der Waals surface area (Å²) in [5.74, 6) is 0.571. The van der Waals surface area contributed by atoms with E-state index in [2.05, 4.69) is 56.1 Å². The van der Waals surface area contributed by atoms with Crippen LogP contribution < -0.4 is 0 Å². The van der Waals surface area contributed by atoms with Crippen molar-refractivity contribution >= 4 is 5.57 Å². The summed E-state index contributed by atoms with van der Waals surface area (Å²) in [6, 6.07) is 4.17. The standard InChI is InChI=1S/C18H23N/c1-4-5-6-11-16-12-7-9-14(2)17(16)18-15(3)10-8-13-19-18/h5-10,13,16H,4,11-12H2,1-3H3. The lowest BCUT2D eigenvalue weighted by Gasteiger charge is -2.24. The average molecular weight is 253 g/mol. The zero-order chi connectivity index (χ0) is 13.7. The van der Waals surface area contributed by atoms with Crippen LogP contribution in [-0.2, 0) is 0 Å². The van der Waals surface area contributed by atoms with Crippen LogP contribution in [-0.4, -0.2) is 4.98 Å². The van der Waals surface area contributed by atoms with Crippen LogP contribution in [0, 0.1) is 12.8 Å². The molecule has 1 atom stereocenters. The third kappa shape index (κ3) is 3.23. The molecule has 1 aromatic rings.